The highest BCUT2D eigenvalue weighted by molar-refractivity contribution is 9.10. The Bertz CT molecular complexity index is 453. The van der Waals surface area contributed by atoms with Crippen molar-refractivity contribution in [1.82, 2.24) is 14.7 Å². The molecule has 1 saturated heterocycles. The quantitative estimate of drug-likeness (QED) is 0.791. The third kappa shape index (κ3) is 3.72. The molecule has 1 aromatic rings. The van der Waals surface area contributed by atoms with E-state index in [0.29, 0.717) is 0 Å². The molecular weight excluding hydrogens is 310 g/mol. The van der Waals surface area contributed by atoms with Crippen LogP contribution in [0.3, 0.4) is 0 Å². The second-order valence-electron chi connectivity index (χ2n) is 5.79. The molecule has 2 heterocycles. The van der Waals surface area contributed by atoms with E-state index in [1.54, 1.807) is 11.1 Å². The van der Waals surface area contributed by atoms with Crippen molar-refractivity contribution >= 4 is 22.0 Å². The number of carbonyl (C=O) groups is 1. The lowest BCUT2D eigenvalue weighted by atomic mass is 10.1. The minimum Gasteiger partial charge on any atom is -0.444 e. The molecular formula is C13H20BrN3O2. The van der Waals surface area contributed by atoms with Crippen LogP contribution >= 0.6 is 15.9 Å². The van der Waals surface area contributed by atoms with Crippen LogP contribution in [-0.4, -0.2) is 32.9 Å². The number of piperidine rings is 1. The lowest BCUT2D eigenvalue weighted by Crippen LogP contribution is -2.44. The second-order valence-corrected chi connectivity index (χ2v) is 6.70. The number of nitrogens with zero attached hydrogens (tertiary/aromatic N) is 3. The van der Waals surface area contributed by atoms with Gasteiger partial charge in [0.05, 0.1) is 10.7 Å². The zero-order valence-electron chi connectivity index (χ0n) is 11.6. The second kappa shape index (κ2) is 5.53. The zero-order chi connectivity index (χ0) is 14.0. The van der Waals surface area contributed by atoms with Crippen LogP contribution in [0.4, 0.5) is 4.79 Å². The summed E-state index contributed by atoms with van der Waals surface area (Å²) in [5, 5.41) is 4.29. The summed E-state index contributed by atoms with van der Waals surface area (Å²) in [4.78, 5) is 14.0. The van der Waals surface area contributed by atoms with Gasteiger partial charge in [0.2, 0.25) is 0 Å². The highest BCUT2D eigenvalue weighted by Gasteiger charge is 2.31. The van der Waals surface area contributed by atoms with Crippen LogP contribution < -0.4 is 0 Å². The van der Waals surface area contributed by atoms with Gasteiger partial charge in [0, 0.05) is 12.7 Å². The van der Waals surface area contributed by atoms with Gasteiger partial charge >= 0.3 is 6.09 Å². The van der Waals surface area contributed by atoms with E-state index in [0.717, 1.165) is 30.3 Å². The van der Waals surface area contributed by atoms with Gasteiger partial charge < -0.3 is 4.74 Å². The SMILES string of the molecule is CC(C)(C)OC(=O)N1CCCCC1n1cc(Br)cn1. The van der Waals surface area contributed by atoms with Crippen molar-refractivity contribution in [2.24, 2.45) is 0 Å². The molecule has 1 aromatic heterocycles. The Hall–Kier alpha value is -1.04. The average molecular weight is 330 g/mol. The molecule has 2 rings (SSSR count). The molecule has 1 aliphatic heterocycles. The molecule has 1 amide bonds. The Balaban J connectivity index is 2.14. The van der Waals surface area contributed by atoms with E-state index < -0.39 is 5.60 Å². The summed E-state index contributed by atoms with van der Waals surface area (Å²) in [6.07, 6.45) is 6.35. The highest BCUT2D eigenvalue weighted by atomic mass is 79.9. The first-order valence-electron chi connectivity index (χ1n) is 6.56. The minimum atomic E-state index is -0.468. The lowest BCUT2D eigenvalue weighted by molar-refractivity contribution is -0.00345. The number of aromatic nitrogens is 2. The highest BCUT2D eigenvalue weighted by Crippen LogP contribution is 2.28. The van der Waals surface area contributed by atoms with E-state index in [1.807, 2.05) is 31.6 Å². The number of rotatable bonds is 1. The van der Waals surface area contributed by atoms with E-state index in [9.17, 15) is 4.79 Å². The van der Waals surface area contributed by atoms with Gasteiger partial charge in [0.25, 0.3) is 0 Å². The Morgan fingerprint density at radius 1 is 1.47 bits per heavy atom. The first kappa shape index (κ1) is 14.4. The molecule has 0 aliphatic carbocycles. The van der Waals surface area contributed by atoms with Gasteiger partial charge in [-0.15, -0.1) is 0 Å². The molecule has 19 heavy (non-hydrogen) atoms. The van der Waals surface area contributed by atoms with Crippen molar-refractivity contribution in [2.75, 3.05) is 6.54 Å². The van der Waals surface area contributed by atoms with Crippen LogP contribution in [0, 0.1) is 0 Å². The fourth-order valence-corrected chi connectivity index (χ4v) is 2.50. The average Bonchev–Trinajstić information content (AvgIpc) is 2.73. The normalized spacial score (nSPS) is 20.4. The first-order chi connectivity index (χ1) is 8.87. The van der Waals surface area contributed by atoms with E-state index in [4.69, 9.17) is 4.74 Å². The molecule has 1 fully saturated rings. The molecule has 0 aromatic carbocycles. The zero-order valence-corrected chi connectivity index (χ0v) is 13.2. The standard InChI is InChI=1S/C13H20BrN3O2/c1-13(2,3)19-12(18)16-7-5-4-6-11(16)17-9-10(14)8-15-17/h8-9,11H,4-7H2,1-3H3. The molecule has 1 atom stereocenters. The fraction of sp³-hybridized carbons (Fsp3) is 0.692. The number of hydrogen-bond donors (Lipinski definition) is 0. The number of ether oxygens (including phenoxy) is 1. The largest absolute Gasteiger partial charge is 0.444 e. The molecule has 0 radical (unpaired) electrons. The topological polar surface area (TPSA) is 47.4 Å². The summed E-state index contributed by atoms with van der Waals surface area (Å²) in [6.45, 7) is 6.37. The number of hydrogen-bond acceptors (Lipinski definition) is 3. The van der Waals surface area contributed by atoms with Crippen molar-refractivity contribution in [3.63, 3.8) is 0 Å². The Morgan fingerprint density at radius 2 is 2.21 bits per heavy atom. The summed E-state index contributed by atoms with van der Waals surface area (Å²) in [5.74, 6) is 0. The lowest BCUT2D eigenvalue weighted by Gasteiger charge is -2.36. The maximum Gasteiger partial charge on any atom is 0.411 e. The summed E-state index contributed by atoms with van der Waals surface area (Å²) in [5.41, 5.74) is -0.468. The van der Waals surface area contributed by atoms with Crippen molar-refractivity contribution in [3.05, 3.63) is 16.9 Å². The van der Waals surface area contributed by atoms with Crippen molar-refractivity contribution in [3.8, 4) is 0 Å². The first-order valence-corrected chi connectivity index (χ1v) is 7.35. The predicted octanol–water partition coefficient (Wildman–Crippen LogP) is 3.57. The van der Waals surface area contributed by atoms with Crippen molar-refractivity contribution in [1.29, 1.82) is 0 Å². The van der Waals surface area contributed by atoms with Gasteiger partial charge in [-0.3, -0.25) is 4.90 Å². The van der Waals surface area contributed by atoms with Crippen molar-refractivity contribution in [2.45, 2.75) is 51.8 Å². The fourth-order valence-electron chi connectivity index (χ4n) is 2.20. The maximum atomic E-state index is 12.3. The van der Waals surface area contributed by atoms with E-state index >= 15 is 0 Å². The smallest absolute Gasteiger partial charge is 0.411 e. The molecule has 5 nitrogen and oxygen atoms in total. The van der Waals surface area contributed by atoms with Crippen LogP contribution in [0.25, 0.3) is 0 Å². The van der Waals surface area contributed by atoms with Gasteiger partial charge in [-0.05, 0) is 56.0 Å². The molecule has 0 N–H and O–H groups in total. The monoisotopic (exact) mass is 329 g/mol. The molecule has 0 spiro atoms. The molecule has 0 bridgehead atoms. The van der Waals surface area contributed by atoms with Gasteiger partial charge in [-0.2, -0.15) is 5.10 Å². The van der Waals surface area contributed by atoms with Crippen LogP contribution in [-0.2, 0) is 4.74 Å². The third-order valence-electron chi connectivity index (χ3n) is 2.97. The number of halogens is 1. The van der Waals surface area contributed by atoms with Crippen molar-refractivity contribution < 1.29 is 9.53 Å². The minimum absolute atomic E-state index is 0.0464. The van der Waals surface area contributed by atoms with Crippen LogP contribution in [0.15, 0.2) is 16.9 Å². The van der Waals surface area contributed by atoms with E-state index in [1.165, 1.54) is 0 Å². The summed E-state index contributed by atoms with van der Waals surface area (Å²) >= 11 is 3.39. The molecule has 0 saturated carbocycles. The third-order valence-corrected chi connectivity index (χ3v) is 3.38. The van der Waals surface area contributed by atoms with E-state index in [-0.39, 0.29) is 12.3 Å². The van der Waals surface area contributed by atoms with Crippen LogP contribution in [0.2, 0.25) is 0 Å². The molecule has 106 valence electrons. The summed E-state index contributed by atoms with van der Waals surface area (Å²) in [6, 6.07) is 0. The van der Waals surface area contributed by atoms with Crippen LogP contribution in [0.5, 0.6) is 0 Å². The maximum absolute atomic E-state index is 12.3. The van der Waals surface area contributed by atoms with E-state index in [2.05, 4.69) is 21.0 Å². The summed E-state index contributed by atoms with van der Waals surface area (Å²) < 4.78 is 8.22. The van der Waals surface area contributed by atoms with Gasteiger partial charge in [-0.1, -0.05) is 0 Å². The summed E-state index contributed by atoms with van der Waals surface area (Å²) in [7, 11) is 0. The predicted molar refractivity (Wildman–Crippen MR) is 75.8 cm³/mol. The molecule has 1 unspecified atom stereocenters. The van der Waals surface area contributed by atoms with Gasteiger partial charge in [0.1, 0.15) is 11.8 Å². The Morgan fingerprint density at radius 3 is 2.79 bits per heavy atom. The van der Waals surface area contributed by atoms with Crippen LogP contribution in [0.1, 0.15) is 46.2 Å². The number of amides is 1. The number of likely N-dealkylation sites (tertiary alicyclic amines) is 1. The van der Waals surface area contributed by atoms with Gasteiger partial charge in [0.15, 0.2) is 0 Å². The van der Waals surface area contributed by atoms with Gasteiger partial charge in [-0.25, -0.2) is 9.48 Å². The Labute approximate surface area is 122 Å². The number of carbonyl (C=O) groups excluding carboxylic acids is 1. The molecule has 6 heteroatoms. The molecule has 1 aliphatic rings. The Kier molecular flexibility index (Phi) is 4.18.